The summed E-state index contributed by atoms with van der Waals surface area (Å²) in [4.78, 5) is 0.448. The van der Waals surface area contributed by atoms with Crippen LogP contribution in [0.25, 0.3) is 0 Å². The quantitative estimate of drug-likeness (QED) is 0.510. The van der Waals surface area contributed by atoms with Crippen LogP contribution in [0.2, 0.25) is 0 Å². The molecule has 0 aliphatic heterocycles. The van der Waals surface area contributed by atoms with Gasteiger partial charge in [0.15, 0.2) is 0 Å². The average molecular weight is 443 g/mol. The summed E-state index contributed by atoms with van der Waals surface area (Å²) in [7, 11) is -3.74. The lowest BCUT2D eigenvalue weighted by Gasteiger charge is -2.19. The number of hydrogen-bond donors (Lipinski definition) is 2. The van der Waals surface area contributed by atoms with Crippen LogP contribution in [0.4, 0.5) is 0 Å². The molecule has 0 unspecified atom stereocenters. The summed E-state index contributed by atoms with van der Waals surface area (Å²) in [6, 6.07) is 9.42. The van der Waals surface area contributed by atoms with Gasteiger partial charge in [-0.25, -0.2) is 8.42 Å². The summed E-state index contributed by atoms with van der Waals surface area (Å²) in [6.45, 7) is 0. The zero-order valence-corrected chi connectivity index (χ0v) is 19.0. The summed E-state index contributed by atoms with van der Waals surface area (Å²) in [5.74, 6) is 0.796. The molecule has 0 atom stereocenters. The predicted molar refractivity (Wildman–Crippen MR) is 123 cm³/mol. The van der Waals surface area contributed by atoms with Crippen LogP contribution in [-0.2, 0) is 9.84 Å². The Morgan fingerprint density at radius 1 is 0.581 bits per heavy atom. The summed E-state index contributed by atoms with van der Waals surface area (Å²) < 4.78 is 27.0. The lowest BCUT2D eigenvalue weighted by atomic mass is 9.91. The second-order valence-electron chi connectivity index (χ2n) is 9.32. The Bertz CT molecular complexity index is 921. The molecule has 168 valence electrons. The van der Waals surface area contributed by atoms with Gasteiger partial charge in [0.2, 0.25) is 9.84 Å². The Kier molecular flexibility index (Phi) is 6.90. The Balaban J connectivity index is 1.68. The Hall–Kier alpha value is -2.01. The molecule has 31 heavy (non-hydrogen) atoms. The predicted octanol–water partition coefficient (Wildman–Crippen LogP) is 6.81. The molecule has 2 aliphatic carbocycles. The van der Waals surface area contributed by atoms with Crippen molar-refractivity contribution >= 4 is 9.84 Å². The second kappa shape index (κ2) is 9.64. The monoisotopic (exact) mass is 442 g/mol. The van der Waals surface area contributed by atoms with Crippen LogP contribution in [0.1, 0.15) is 100 Å². The molecule has 2 aliphatic rings. The van der Waals surface area contributed by atoms with Crippen molar-refractivity contribution < 1.29 is 18.6 Å². The van der Waals surface area contributed by atoms with E-state index in [1.807, 2.05) is 0 Å². The van der Waals surface area contributed by atoms with Crippen molar-refractivity contribution in [2.45, 2.75) is 98.7 Å². The van der Waals surface area contributed by atoms with Crippen LogP contribution in [-0.4, -0.2) is 18.6 Å². The second-order valence-corrected chi connectivity index (χ2v) is 11.3. The van der Waals surface area contributed by atoms with Gasteiger partial charge in [0.05, 0.1) is 9.79 Å². The summed E-state index contributed by atoms with van der Waals surface area (Å²) in [5.41, 5.74) is 1.51. The van der Waals surface area contributed by atoms with E-state index < -0.39 is 9.84 Å². The fourth-order valence-corrected chi connectivity index (χ4v) is 6.70. The van der Waals surface area contributed by atoms with Crippen LogP contribution in [0, 0.1) is 0 Å². The Labute approximate surface area is 186 Å². The average Bonchev–Trinajstić information content (AvgIpc) is 3.19. The van der Waals surface area contributed by atoms with E-state index in [-0.39, 0.29) is 33.1 Å². The number of benzene rings is 2. The SMILES string of the molecule is O=S(=O)(c1ccc(O)c(C2CCCCCC2)c1)c1ccc(O)c(C2CCCCCC2)c1. The minimum atomic E-state index is -3.74. The molecule has 2 aromatic carbocycles. The van der Waals surface area contributed by atoms with Crippen molar-refractivity contribution in [3.05, 3.63) is 47.5 Å². The fraction of sp³-hybridized carbons (Fsp3) is 0.538. The standard InChI is InChI=1S/C26H34O4S/c27-25-15-13-21(17-23(25)19-9-5-1-2-6-10-19)31(29,30)22-14-16-26(28)24(18-22)20-11-7-3-4-8-12-20/h13-20,27-28H,1-12H2. The van der Waals surface area contributed by atoms with Crippen LogP contribution in [0.3, 0.4) is 0 Å². The van der Waals surface area contributed by atoms with Gasteiger partial charge in [0.1, 0.15) is 11.5 Å². The van der Waals surface area contributed by atoms with E-state index in [0.29, 0.717) is 0 Å². The molecule has 0 aromatic heterocycles. The molecule has 0 heterocycles. The van der Waals surface area contributed by atoms with Gasteiger partial charge in [-0.05, 0) is 85.0 Å². The zero-order valence-electron chi connectivity index (χ0n) is 18.2. The van der Waals surface area contributed by atoms with Crippen molar-refractivity contribution in [1.29, 1.82) is 0 Å². The Morgan fingerprint density at radius 3 is 1.29 bits per heavy atom. The minimum absolute atomic E-state index is 0.190. The van der Waals surface area contributed by atoms with E-state index in [4.69, 9.17) is 0 Å². The maximum atomic E-state index is 13.5. The number of phenols is 2. The van der Waals surface area contributed by atoms with Gasteiger partial charge in [-0.1, -0.05) is 51.4 Å². The number of aromatic hydroxyl groups is 2. The zero-order chi connectivity index (χ0) is 21.8. The van der Waals surface area contributed by atoms with Gasteiger partial charge < -0.3 is 10.2 Å². The van der Waals surface area contributed by atoms with Gasteiger partial charge in [0.25, 0.3) is 0 Å². The molecule has 4 rings (SSSR count). The maximum Gasteiger partial charge on any atom is 0.206 e. The molecular formula is C26H34O4S. The third kappa shape index (κ3) is 4.92. The normalized spacial score (nSPS) is 19.6. The molecule has 0 spiro atoms. The van der Waals surface area contributed by atoms with E-state index in [1.165, 1.54) is 49.9 Å². The molecule has 2 aromatic rings. The molecule has 0 radical (unpaired) electrons. The third-order valence-corrected chi connectivity index (χ3v) is 8.96. The molecule has 2 saturated carbocycles. The topological polar surface area (TPSA) is 74.6 Å². The number of phenolic OH excluding ortho intramolecular Hbond substituents is 2. The number of rotatable bonds is 4. The summed E-state index contributed by atoms with van der Waals surface area (Å²) in [5, 5.41) is 20.9. The highest BCUT2D eigenvalue weighted by atomic mass is 32.2. The molecule has 5 heteroatoms. The van der Waals surface area contributed by atoms with E-state index in [1.54, 1.807) is 12.1 Å². The molecule has 0 saturated heterocycles. The first-order valence-electron chi connectivity index (χ1n) is 11.9. The van der Waals surface area contributed by atoms with Gasteiger partial charge in [-0.3, -0.25) is 0 Å². The summed E-state index contributed by atoms with van der Waals surface area (Å²) in [6.07, 6.45) is 13.2. The van der Waals surface area contributed by atoms with Crippen molar-refractivity contribution in [3.8, 4) is 11.5 Å². The van der Waals surface area contributed by atoms with Crippen molar-refractivity contribution in [1.82, 2.24) is 0 Å². The fourth-order valence-electron chi connectivity index (χ4n) is 5.37. The first-order valence-corrected chi connectivity index (χ1v) is 13.4. The molecule has 2 N–H and O–H groups in total. The highest BCUT2D eigenvalue weighted by molar-refractivity contribution is 7.91. The van der Waals surface area contributed by atoms with E-state index in [9.17, 15) is 18.6 Å². The van der Waals surface area contributed by atoms with Gasteiger partial charge in [-0.2, -0.15) is 0 Å². The van der Waals surface area contributed by atoms with E-state index >= 15 is 0 Å². The molecule has 2 fully saturated rings. The molecular weight excluding hydrogens is 408 g/mol. The van der Waals surface area contributed by atoms with Gasteiger partial charge in [0, 0.05) is 0 Å². The number of hydrogen-bond acceptors (Lipinski definition) is 4. The molecule has 0 bridgehead atoms. The first-order chi connectivity index (χ1) is 15.0. The third-order valence-electron chi connectivity index (χ3n) is 7.21. The van der Waals surface area contributed by atoms with Crippen molar-refractivity contribution in [2.24, 2.45) is 0 Å². The molecule has 0 amide bonds. The minimum Gasteiger partial charge on any atom is -0.508 e. The van der Waals surface area contributed by atoms with Gasteiger partial charge >= 0.3 is 0 Å². The van der Waals surface area contributed by atoms with Crippen LogP contribution >= 0.6 is 0 Å². The Morgan fingerprint density at radius 2 is 0.935 bits per heavy atom. The highest BCUT2D eigenvalue weighted by Gasteiger charge is 2.25. The lowest BCUT2D eigenvalue weighted by Crippen LogP contribution is -2.07. The van der Waals surface area contributed by atoms with E-state index in [0.717, 1.165) is 62.5 Å². The van der Waals surface area contributed by atoms with Gasteiger partial charge in [-0.15, -0.1) is 0 Å². The van der Waals surface area contributed by atoms with Crippen molar-refractivity contribution in [3.63, 3.8) is 0 Å². The largest absolute Gasteiger partial charge is 0.508 e. The van der Waals surface area contributed by atoms with Crippen molar-refractivity contribution in [2.75, 3.05) is 0 Å². The first kappa shape index (κ1) is 22.2. The van der Waals surface area contributed by atoms with E-state index in [2.05, 4.69) is 0 Å². The molecule has 4 nitrogen and oxygen atoms in total. The summed E-state index contributed by atoms with van der Waals surface area (Å²) >= 11 is 0. The van der Waals surface area contributed by atoms with Crippen LogP contribution < -0.4 is 0 Å². The van der Waals surface area contributed by atoms with Crippen LogP contribution in [0.5, 0.6) is 11.5 Å². The smallest absolute Gasteiger partial charge is 0.206 e. The maximum absolute atomic E-state index is 13.5. The van der Waals surface area contributed by atoms with Crippen LogP contribution in [0.15, 0.2) is 46.2 Å². The highest BCUT2D eigenvalue weighted by Crippen LogP contribution is 2.40. The number of sulfone groups is 1. The lowest BCUT2D eigenvalue weighted by molar-refractivity contribution is 0.452.